The van der Waals surface area contributed by atoms with Crippen molar-refractivity contribution in [1.29, 1.82) is 0 Å². The molecule has 4 aromatic heterocycles. The van der Waals surface area contributed by atoms with Crippen LogP contribution in [0.5, 0.6) is 23.1 Å². The van der Waals surface area contributed by atoms with E-state index in [0.29, 0.717) is 9.87 Å². The molecule has 344 valence electrons. The second-order valence-electron chi connectivity index (χ2n) is 12.3. The molecule has 5 aromatic rings. The largest absolute Gasteiger partial charge is 0.510 e. The van der Waals surface area contributed by atoms with Crippen molar-refractivity contribution in [2.45, 2.75) is 24.8 Å². The Morgan fingerprint density at radius 1 is 0.812 bits per heavy atom. The van der Waals surface area contributed by atoms with Crippen LogP contribution in [0.4, 0.5) is 10.6 Å². The highest BCUT2D eigenvalue weighted by Gasteiger charge is 2.35. The Hall–Kier alpha value is -6.80. The Morgan fingerprint density at radius 2 is 1.56 bits per heavy atom. The molecule has 28 nitrogen and oxygen atoms in total. The smallest absolute Gasteiger partial charge is 0.493 e. The standard InChI is InChI=1S/C35H41N11O17S/c1-23-9-10-28(37-21-23)64(53,54)44(22-60-35(48)59-16-14-56-15-19-62-46(51)52)33-30(63-27-7-4-3-6-26(27)55-2)34(58-18-17-57-29(47)8-5-13-61-45(49)50)39-31(38-33)24-11-12-36-25(20-24)32-40-42-43-41-32/h3-4,6-7,9-12,20-21,49-52H,5,8,13-19,22H2,1-2H3,(H,40,41,42,43). The van der Waals surface area contributed by atoms with Gasteiger partial charge < -0.3 is 33.2 Å². The highest BCUT2D eigenvalue weighted by atomic mass is 32.2. The van der Waals surface area contributed by atoms with E-state index in [-0.39, 0.29) is 86.9 Å². The molecule has 0 saturated carbocycles. The van der Waals surface area contributed by atoms with Gasteiger partial charge in [0.05, 0.1) is 44.3 Å². The van der Waals surface area contributed by atoms with E-state index in [1.54, 1.807) is 25.1 Å². The van der Waals surface area contributed by atoms with Gasteiger partial charge >= 0.3 is 12.1 Å². The number of sulfonamides is 1. The van der Waals surface area contributed by atoms with Crippen molar-refractivity contribution in [2.75, 3.05) is 64.4 Å². The minimum atomic E-state index is -4.86. The summed E-state index contributed by atoms with van der Waals surface area (Å²) < 4.78 is 68.6. The molecule has 0 aliphatic rings. The number of esters is 1. The average Bonchev–Trinajstić information content (AvgIpc) is 3.83. The number of aromatic nitrogens is 8. The number of rotatable bonds is 26. The molecule has 64 heavy (non-hydrogen) atoms. The van der Waals surface area contributed by atoms with Crippen LogP contribution < -0.4 is 18.5 Å². The zero-order valence-electron chi connectivity index (χ0n) is 33.8. The number of ether oxygens (including phenoxy) is 7. The molecule has 5 rings (SSSR count). The van der Waals surface area contributed by atoms with E-state index < -0.39 is 68.7 Å². The highest BCUT2D eigenvalue weighted by Crippen LogP contribution is 2.44. The lowest BCUT2D eigenvalue weighted by molar-refractivity contribution is -0.493. The number of hydrogen-bond acceptors (Lipinski definition) is 26. The van der Waals surface area contributed by atoms with Gasteiger partial charge in [0.15, 0.2) is 34.9 Å². The number of nitrogens with zero attached hydrogens (tertiary/aromatic N) is 10. The van der Waals surface area contributed by atoms with Crippen LogP contribution >= 0.6 is 0 Å². The van der Waals surface area contributed by atoms with E-state index in [1.165, 1.54) is 49.8 Å². The number of anilines is 1. The number of aromatic amines is 1. The first-order valence-corrected chi connectivity index (χ1v) is 20.0. The van der Waals surface area contributed by atoms with E-state index in [4.69, 9.17) is 54.0 Å². The Kier molecular flexibility index (Phi) is 18.2. The number of hydrogen-bond donors (Lipinski definition) is 5. The molecule has 0 unspecified atom stereocenters. The zero-order chi connectivity index (χ0) is 45.9. The molecule has 0 spiro atoms. The molecule has 0 amide bonds. The van der Waals surface area contributed by atoms with E-state index in [1.807, 2.05) is 0 Å². The van der Waals surface area contributed by atoms with Gasteiger partial charge in [-0.3, -0.25) is 35.4 Å². The third-order valence-corrected chi connectivity index (χ3v) is 9.49. The van der Waals surface area contributed by atoms with Crippen LogP contribution in [0.3, 0.4) is 0 Å². The number of carbonyl (C=O) groups is 2. The Labute approximate surface area is 362 Å². The second-order valence-corrected chi connectivity index (χ2v) is 14.1. The maximum Gasteiger partial charge on any atom is 0.510 e. The molecule has 5 N–H and O–H groups in total. The van der Waals surface area contributed by atoms with Crippen LogP contribution in [0, 0.1) is 6.92 Å². The van der Waals surface area contributed by atoms with E-state index in [2.05, 4.69) is 50.2 Å². The van der Waals surface area contributed by atoms with Gasteiger partial charge in [0.25, 0.3) is 15.9 Å². The molecule has 0 aliphatic carbocycles. The normalized spacial score (nSPS) is 11.4. The summed E-state index contributed by atoms with van der Waals surface area (Å²) in [6, 6.07) is 11.9. The van der Waals surface area contributed by atoms with E-state index in [9.17, 15) is 18.0 Å². The molecule has 0 saturated heterocycles. The van der Waals surface area contributed by atoms with Crippen molar-refractivity contribution in [1.82, 2.24) is 51.3 Å². The molecule has 0 radical (unpaired) electrons. The lowest BCUT2D eigenvalue weighted by Crippen LogP contribution is -2.36. The third-order valence-electron chi connectivity index (χ3n) is 7.86. The number of methoxy groups -OCH3 is 1. The van der Waals surface area contributed by atoms with Crippen LogP contribution in [-0.2, 0) is 43.4 Å². The number of pyridine rings is 2. The molecular formula is C35H41N11O17S. The van der Waals surface area contributed by atoms with Gasteiger partial charge in [-0.15, -0.1) is 10.2 Å². The maximum absolute atomic E-state index is 14.7. The molecular weight excluding hydrogens is 879 g/mol. The Bertz CT molecular complexity index is 2360. The fourth-order valence-corrected chi connectivity index (χ4v) is 6.18. The van der Waals surface area contributed by atoms with Gasteiger partial charge in [0.2, 0.25) is 11.6 Å². The molecule has 1 aromatic carbocycles. The lowest BCUT2D eigenvalue weighted by atomic mass is 10.2. The summed E-state index contributed by atoms with van der Waals surface area (Å²) in [6.45, 7) is -1.33. The van der Waals surface area contributed by atoms with E-state index in [0.717, 1.165) is 0 Å². The molecule has 0 aliphatic heterocycles. The van der Waals surface area contributed by atoms with Crippen molar-refractivity contribution >= 4 is 28.0 Å². The van der Waals surface area contributed by atoms with Crippen LogP contribution in [0.25, 0.3) is 22.9 Å². The highest BCUT2D eigenvalue weighted by molar-refractivity contribution is 7.92. The zero-order valence-corrected chi connectivity index (χ0v) is 34.6. The fraction of sp³-hybridized carbons (Fsp3) is 0.343. The second kappa shape index (κ2) is 24.2. The van der Waals surface area contributed by atoms with Crippen molar-refractivity contribution in [3.63, 3.8) is 0 Å². The van der Waals surface area contributed by atoms with Crippen molar-refractivity contribution < 1.29 is 81.7 Å². The van der Waals surface area contributed by atoms with Gasteiger partial charge in [-0.05, 0) is 54.5 Å². The monoisotopic (exact) mass is 919 g/mol. The van der Waals surface area contributed by atoms with Crippen LogP contribution in [0.1, 0.15) is 18.4 Å². The fourth-order valence-electron chi connectivity index (χ4n) is 4.99. The molecule has 29 heteroatoms. The Morgan fingerprint density at radius 3 is 2.28 bits per heavy atom. The summed E-state index contributed by atoms with van der Waals surface area (Å²) in [6.07, 6.45) is 1.24. The minimum Gasteiger partial charge on any atom is -0.493 e. The summed E-state index contributed by atoms with van der Waals surface area (Å²) in [4.78, 5) is 51.7. The van der Waals surface area contributed by atoms with Crippen molar-refractivity contribution in [3.05, 3.63) is 66.5 Å². The number of tetrazole rings is 1. The predicted octanol–water partition coefficient (Wildman–Crippen LogP) is 2.27. The van der Waals surface area contributed by atoms with E-state index >= 15 is 0 Å². The third kappa shape index (κ3) is 14.4. The first-order valence-electron chi connectivity index (χ1n) is 18.5. The van der Waals surface area contributed by atoms with Crippen molar-refractivity contribution in [2.24, 2.45) is 0 Å². The number of nitrogens with one attached hydrogen (secondary N) is 1. The maximum atomic E-state index is 14.7. The number of benzene rings is 1. The van der Waals surface area contributed by atoms with Gasteiger partial charge in [-0.25, -0.2) is 23.9 Å². The van der Waals surface area contributed by atoms with Gasteiger partial charge in [0.1, 0.15) is 25.5 Å². The predicted molar refractivity (Wildman–Crippen MR) is 207 cm³/mol. The van der Waals surface area contributed by atoms with Crippen LogP contribution in [0.2, 0.25) is 0 Å². The Balaban J connectivity index is 1.58. The van der Waals surface area contributed by atoms with Crippen LogP contribution in [-0.4, -0.2) is 153 Å². The quantitative estimate of drug-likeness (QED) is 0.0230. The summed E-state index contributed by atoms with van der Waals surface area (Å²) >= 11 is 0. The molecule has 0 bridgehead atoms. The SMILES string of the molecule is COc1ccccc1Oc1c(OCCOC(=O)CCCON(O)O)nc(-c2ccnc(-c3nn[nH]n3)c2)nc1N(COC(=O)OCCOCCON(O)O)S(=O)(=O)c1ccc(C)cn1. The summed E-state index contributed by atoms with van der Waals surface area (Å²) in [7, 11) is -3.50. The van der Waals surface area contributed by atoms with Gasteiger partial charge in [-0.1, -0.05) is 18.2 Å². The summed E-state index contributed by atoms with van der Waals surface area (Å²) in [5, 5.41) is 46.9. The first kappa shape index (κ1) is 48.2. The topological polar surface area (TPSA) is 348 Å². The number of carbonyl (C=O) groups excluding carboxylic acids is 2. The van der Waals surface area contributed by atoms with Crippen molar-refractivity contribution in [3.8, 4) is 46.0 Å². The van der Waals surface area contributed by atoms with Gasteiger partial charge in [-0.2, -0.15) is 18.6 Å². The number of aryl methyl sites for hydroxylation is 1. The van der Waals surface area contributed by atoms with Gasteiger partial charge in [0, 0.05) is 24.4 Å². The molecule has 0 atom stereocenters. The average molecular weight is 920 g/mol. The molecule has 0 fully saturated rings. The lowest BCUT2D eigenvalue weighted by Gasteiger charge is -2.26. The number of H-pyrrole nitrogens is 1. The summed E-state index contributed by atoms with van der Waals surface area (Å²) in [5.74, 6) is -2.04. The van der Waals surface area contributed by atoms with Crippen LogP contribution in [0.15, 0.2) is 66.0 Å². The first-order chi connectivity index (χ1) is 30.8. The minimum absolute atomic E-state index is 0.0240. The number of para-hydroxylation sites is 2. The molecule has 4 heterocycles. The summed E-state index contributed by atoms with van der Waals surface area (Å²) in [5.41, 5.74) is 1.04.